The van der Waals surface area contributed by atoms with E-state index >= 15 is 0 Å². The van der Waals surface area contributed by atoms with E-state index in [2.05, 4.69) is 32.6 Å². The molecule has 0 saturated heterocycles. The van der Waals surface area contributed by atoms with Crippen LogP contribution in [0.1, 0.15) is 204 Å². The van der Waals surface area contributed by atoms with E-state index in [0.29, 0.717) is 122 Å². The van der Waals surface area contributed by atoms with Gasteiger partial charge in [-0.3, -0.25) is 0 Å². The van der Waals surface area contributed by atoms with Gasteiger partial charge in [0.05, 0.1) is 45.3 Å². The summed E-state index contributed by atoms with van der Waals surface area (Å²) in [5.74, 6) is 0. The SMILES string of the molecule is C=CC(C)(O)CCC=C(C)CCC(O)C(C)(O)CCCC(C)(O)CCCC(C)(O)CCCC(C)(O)CCCC(C)(O)CCCC(C)(O)CCC=C(C)C. The van der Waals surface area contributed by atoms with Crippen LogP contribution < -0.4 is 0 Å². The second-order valence-electron chi connectivity index (χ2n) is 19.1. The van der Waals surface area contributed by atoms with Gasteiger partial charge in [0.25, 0.3) is 0 Å². The fourth-order valence-electron chi connectivity index (χ4n) is 7.18. The zero-order valence-corrected chi connectivity index (χ0v) is 35.9. The highest BCUT2D eigenvalue weighted by atomic mass is 16.3. The molecule has 0 heterocycles. The van der Waals surface area contributed by atoms with Gasteiger partial charge in [-0.25, -0.2) is 0 Å². The van der Waals surface area contributed by atoms with E-state index < -0.39 is 45.3 Å². The largest absolute Gasteiger partial charge is 0.390 e. The number of allylic oxidation sites excluding steroid dienone is 4. The van der Waals surface area contributed by atoms with Crippen molar-refractivity contribution in [2.24, 2.45) is 0 Å². The summed E-state index contributed by atoms with van der Waals surface area (Å²) in [6, 6.07) is 0. The summed E-state index contributed by atoms with van der Waals surface area (Å²) in [5.41, 5.74) is -4.13. The quantitative estimate of drug-likeness (QED) is 0.0326. The number of hydrogen-bond donors (Lipinski definition) is 8. The topological polar surface area (TPSA) is 162 Å². The van der Waals surface area contributed by atoms with Gasteiger partial charge in [-0.2, -0.15) is 0 Å². The van der Waals surface area contributed by atoms with E-state index in [-0.39, 0.29) is 0 Å². The van der Waals surface area contributed by atoms with Crippen molar-refractivity contribution < 1.29 is 40.9 Å². The van der Waals surface area contributed by atoms with Crippen LogP contribution in [0.15, 0.2) is 36.0 Å². The smallest absolute Gasteiger partial charge is 0.0877 e. The number of hydrogen-bond acceptors (Lipinski definition) is 8. The van der Waals surface area contributed by atoms with Crippen LogP contribution in [0.2, 0.25) is 0 Å². The minimum absolute atomic E-state index is 0.366. The maximum atomic E-state index is 11.0. The first kappa shape index (κ1) is 51.9. The molecule has 0 spiro atoms. The number of aliphatic hydroxyl groups is 8. The van der Waals surface area contributed by atoms with Crippen molar-refractivity contribution in [2.75, 3.05) is 0 Å². The van der Waals surface area contributed by atoms with Crippen LogP contribution >= 0.6 is 0 Å². The van der Waals surface area contributed by atoms with Crippen LogP contribution in [0.3, 0.4) is 0 Å². The first-order valence-electron chi connectivity index (χ1n) is 20.7. The lowest BCUT2D eigenvalue weighted by Gasteiger charge is -2.32. The van der Waals surface area contributed by atoms with E-state index in [1.165, 1.54) is 11.6 Å². The van der Waals surface area contributed by atoms with Gasteiger partial charge in [0.1, 0.15) is 0 Å². The lowest BCUT2D eigenvalue weighted by Crippen LogP contribution is -2.39. The molecule has 0 aromatic rings. The lowest BCUT2D eigenvalue weighted by atomic mass is 9.83. The van der Waals surface area contributed by atoms with Gasteiger partial charge in [-0.15, -0.1) is 6.58 Å². The third-order valence-electron chi connectivity index (χ3n) is 11.5. The molecule has 0 bridgehead atoms. The summed E-state index contributed by atoms with van der Waals surface area (Å²) in [4.78, 5) is 0. The van der Waals surface area contributed by atoms with Crippen molar-refractivity contribution in [3.63, 3.8) is 0 Å². The van der Waals surface area contributed by atoms with E-state index in [4.69, 9.17) is 0 Å². The Morgan fingerprint density at radius 3 is 1.15 bits per heavy atom. The highest BCUT2D eigenvalue weighted by Crippen LogP contribution is 2.32. The minimum atomic E-state index is -1.26. The fraction of sp³-hybridized carbons (Fsp3) is 0.867. The van der Waals surface area contributed by atoms with E-state index in [0.717, 1.165) is 18.4 Å². The molecule has 0 saturated carbocycles. The molecule has 8 nitrogen and oxygen atoms in total. The molecule has 0 aromatic carbocycles. The molecule has 0 fully saturated rings. The Bertz CT molecular complexity index is 1080. The summed E-state index contributed by atoms with van der Waals surface area (Å²) in [6.45, 7) is 22.3. The molecule has 8 unspecified atom stereocenters. The van der Waals surface area contributed by atoms with Crippen molar-refractivity contribution >= 4 is 0 Å². The predicted octanol–water partition coefficient (Wildman–Crippen LogP) is 8.89. The first-order valence-corrected chi connectivity index (χ1v) is 20.7. The average Bonchev–Trinajstić information content (AvgIpc) is 2.98. The molecule has 0 rings (SSSR count). The summed E-state index contributed by atoms with van der Waals surface area (Å²) < 4.78 is 0. The molecule has 8 N–H and O–H groups in total. The number of rotatable bonds is 31. The second-order valence-corrected chi connectivity index (χ2v) is 19.1. The van der Waals surface area contributed by atoms with Gasteiger partial charge in [-0.1, -0.05) is 29.4 Å². The standard InChI is InChI=1S/C45H86O8/c1-12-39(5,47)24-14-21-37(4)22-23-38(46)45(11,53)35-19-34-44(10,52)33-18-32-43(9,51)31-17-30-42(8,50)29-16-28-41(7,49)27-15-26-40(6,48)25-13-20-36(2)3/h12,20-21,38,46-53H,1,13-19,22-35H2,2-11H3. The minimum Gasteiger partial charge on any atom is -0.390 e. The molecule has 0 aliphatic rings. The zero-order valence-electron chi connectivity index (χ0n) is 35.9. The van der Waals surface area contributed by atoms with E-state index in [1.807, 2.05) is 34.6 Å². The Kier molecular flexibility index (Phi) is 22.7. The molecule has 53 heavy (non-hydrogen) atoms. The van der Waals surface area contributed by atoms with Gasteiger partial charge in [0, 0.05) is 0 Å². The highest BCUT2D eigenvalue weighted by molar-refractivity contribution is 5.02. The van der Waals surface area contributed by atoms with Crippen LogP contribution in [0.4, 0.5) is 0 Å². The van der Waals surface area contributed by atoms with E-state index in [9.17, 15) is 40.9 Å². The Labute approximate surface area is 325 Å². The predicted molar refractivity (Wildman–Crippen MR) is 221 cm³/mol. The molecule has 0 aliphatic carbocycles. The summed E-state index contributed by atoms with van der Waals surface area (Å²) in [6.07, 6.45) is 17.5. The Balaban J connectivity index is 4.46. The van der Waals surface area contributed by atoms with Gasteiger partial charge >= 0.3 is 0 Å². The van der Waals surface area contributed by atoms with Crippen LogP contribution in [0.25, 0.3) is 0 Å². The van der Waals surface area contributed by atoms with Crippen LogP contribution in [0, 0.1) is 0 Å². The molecule has 0 amide bonds. The maximum Gasteiger partial charge on any atom is 0.0877 e. The Morgan fingerprint density at radius 1 is 0.491 bits per heavy atom. The lowest BCUT2D eigenvalue weighted by molar-refractivity contribution is -0.0746. The summed E-state index contributed by atoms with van der Waals surface area (Å²) >= 11 is 0. The van der Waals surface area contributed by atoms with Crippen molar-refractivity contribution in [1.82, 2.24) is 0 Å². The Hall–Kier alpha value is -1.10. The van der Waals surface area contributed by atoms with Gasteiger partial charge in [-0.05, 0) is 204 Å². The fourth-order valence-corrected chi connectivity index (χ4v) is 7.18. The molecule has 314 valence electrons. The van der Waals surface area contributed by atoms with E-state index in [1.54, 1.807) is 20.8 Å². The normalized spacial score (nSPS) is 21.1. The monoisotopic (exact) mass is 755 g/mol. The highest BCUT2D eigenvalue weighted by Gasteiger charge is 2.32. The molecular formula is C45H86O8. The van der Waals surface area contributed by atoms with Gasteiger partial charge < -0.3 is 40.9 Å². The third-order valence-corrected chi connectivity index (χ3v) is 11.5. The van der Waals surface area contributed by atoms with Crippen LogP contribution in [-0.2, 0) is 0 Å². The molecule has 0 aromatic heterocycles. The number of aliphatic hydroxyl groups excluding tert-OH is 1. The van der Waals surface area contributed by atoms with Crippen molar-refractivity contribution in [3.8, 4) is 0 Å². The van der Waals surface area contributed by atoms with Gasteiger partial charge in [0.15, 0.2) is 0 Å². The second kappa shape index (κ2) is 23.2. The molecule has 8 atom stereocenters. The van der Waals surface area contributed by atoms with Gasteiger partial charge in [0.2, 0.25) is 0 Å². The molecule has 0 radical (unpaired) electrons. The molecule has 0 aliphatic heterocycles. The van der Waals surface area contributed by atoms with Crippen molar-refractivity contribution in [1.29, 1.82) is 0 Å². The summed E-state index contributed by atoms with van der Waals surface area (Å²) in [5, 5.41) is 86.3. The molecular weight excluding hydrogens is 668 g/mol. The van der Waals surface area contributed by atoms with Crippen molar-refractivity contribution in [2.45, 2.75) is 249 Å². The first-order chi connectivity index (χ1) is 24.0. The zero-order chi connectivity index (χ0) is 41.2. The third kappa shape index (κ3) is 27.2. The van der Waals surface area contributed by atoms with Crippen molar-refractivity contribution in [3.05, 3.63) is 36.0 Å². The average molecular weight is 755 g/mol. The van der Waals surface area contributed by atoms with Crippen LogP contribution in [0.5, 0.6) is 0 Å². The molecule has 8 heteroatoms. The maximum absolute atomic E-state index is 11.0. The van der Waals surface area contributed by atoms with Crippen LogP contribution in [-0.4, -0.2) is 86.2 Å². The Morgan fingerprint density at radius 2 is 0.811 bits per heavy atom. The summed E-state index contributed by atoms with van der Waals surface area (Å²) in [7, 11) is 0.